The Morgan fingerprint density at radius 1 is 0.958 bits per heavy atom. The topological polar surface area (TPSA) is 57.6 Å². The lowest BCUT2D eigenvalue weighted by atomic mass is 10.2. The number of alkyl halides is 3. The molecule has 1 N–H and O–H groups in total. The molecule has 0 spiro atoms. The number of aliphatic hydroxyl groups is 1. The normalized spacial score (nSPS) is 12.5. The lowest BCUT2D eigenvalue weighted by Gasteiger charge is -2.21. The van der Waals surface area contributed by atoms with Gasteiger partial charge in [-0.3, -0.25) is 0 Å². The summed E-state index contributed by atoms with van der Waals surface area (Å²) in [7, 11) is -4.02. The van der Waals surface area contributed by atoms with E-state index in [0.717, 1.165) is 28.6 Å². The molecule has 0 unspecified atom stereocenters. The summed E-state index contributed by atoms with van der Waals surface area (Å²) in [5, 5.41) is 9.12. The first-order chi connectivity index (χ1) is 11.2. The average molecular weight is 359 g/mol. The summed E-state index contributed by atoms with van der Waals surface area (Å²) < 4.78 is 64.0. The minimum absolute atomic E-state index is 0.0186. The fourth-order valence-electron chi connectivity index (χ4n) is 2.15. The first kappa shape index (κ1) is 18.4. The summed E-state index contributed by atoms with van der Waals surface area (Å²) in [4.78, 5) is -0.250. The van der Waals surface area contributed by atoms with E-state index in [1.54, 1.807) is 30.3 Å². The minimum Gasteiger partial charge on any atom is -0.395 e. The molecule has 2 aromatic carbocycles. The summed E-state index contributed by atoms with van der Waals surface area (Å²) in [6.45, 7) is -0.532. The standard InChI is InChI=1S/C16H16F3NO3S/c17-16(18,19)14-6-8-15(9-7-14)24(22,23)20(10-11-21)12-13-4-2-1-3-5-13/h1-9,21H,10-12H2. The van der Waals surface area contributed by atoms with Gasteiger partial charge in [-0.1, -0.05) is 30.3 Å². The van der Waals surface area contributed by atoms with Crippen LogP contribution in [0, 0.1) is 0 Å². The van der Waals surface area contributed by atoms with Crippen molar-refractivity contribution in [1.29, 1.82) is 0 Å². The van der Waals surface area contributed by atoms with Crippen LogP contribution in [-0.4, -0.2) is 31.0 Å². The van der Waals surface area contributed by atoms with E-state index in [9.17, 15) is 21.6 Å². The maximum atomic E-state index is 12.6. The summed E-state index contributed by atoms with van der Waals surface area (Å²) in [5.41, 5.74) is -0.209. The molecule has 2 aromatic rings. The smallest absolute Gasteiger partial charge is 0.395 e. The lowest BCUT2D eigenvalue weighted by Crippen LogP contribution is -2.33. The van der Waals surface area contributed by atoms with Crippen LogP contribution >= 0.6 is 0 Å². The Kier molecular flexibility index (Phi) is 5.63. The Hall–Kier alpha value is -1.90. The highest BCUT2D eigenvalue weighted by Gasteiger charge is 2.31. The zero-order valence-corrected chi connectivity index (χ0v) is 13.4. The van der Waals surface area contributed by atoms with Crippen molar-refractivity contribution in [3.63, 3.8) is 0 Å². The van der Waals surface area contributed by atoms with Gasteiger partial charge in [-0.05, 0) is 29.8 Å². The van der Waals surface area contributed by atoms with Crippen molar-refractivity contribution in [3.8, 4) is 0 Å². The van der Waals surface area contributed by atoms with Gasteiger partial charge in [-0.25, -0.2) is 8.42 Å². The van der Waals surface area contributed by atoms with Crippen molar-refractivity contribution in [1.82, 2.24) is 4.31 Å². The van der Waals surface area contributed by atoms with Crippen molar-refractivity contribution < 1.29 is 26.7 Å². The Balaban J connectivity index is 2.30. The van der Waals surface area contributed by atoms with Gasteiger partial charge in [-0.15, -0.1) is 0 Å². The van der Waals surface area contributed by atoms with Crippen molar-refractivity contribution in [2.45, 2.75) is 17.6 Å². The molecule has 130 valence electrons. The fourth-order valence-corrected chi connectivity index (χ4v) is 3.57. The predicted octanol–water partition coefficient (Wildman–Crippen LogP) is 2.89. The van der Waals surface area contributed by atoms with Crippen LogP contribution in [0.5, 0.6) is 0 Å². The third kappa shape index (κ3) is 4.34. The molecule has 4 nitrogen and oxygen atoms in total. The Morgan fingerprint density at radius 3 is 2.04 bits per heavy atom. The third-order valence-electron chi connectivity index (χ3n) is 3.37. The zero-order chi connectivity index (χ0) is 17.8. The fraction of sp³-hybridized carbons (Fsp3) is 0.250. The van der Waals surface area contributed by atoms with Crippen LogP contribution in [0.3, 0.4) is 0 Å². The second-order valence-electron chi connectivity index (χ2n) is 5.07. The van der Waals surface area contributed by atoms with Gasteiger partial charge in [0.2, 0.25) is 10.0 Å². The molecule has 0 aliphatic heterocycles. The molecule has 2 rings (SSSR count). The molecule has 0 radical (unpaired) electrons. The first-order valence-corrected chi connectivity index (χ1v) is 8.51. The number of hydrogen-bond acceptors (Lipinski definition) is 3. The first-order valence-electron chi connectivity index (χ1n) is 7.07. The summed E-state index contributed by atoms with van der Waals surface area (Å²) in [6.07, 6.45) is -4.53. The number of rotatable bonds is 6. The summed E-state index contributed by atoms with van der Waals surface area (Å²) >= 11 is 0. The quantitative estimate of drug-likeness (QED) is 0.863. The van der Waals surface area contributed by atoms with E-state index in [0.29, 0.717) is 5.56 Å². The summed E-state index contributed by atoms with van der Waals surface area (Å²) in [5.74, 6) is 0. The Morgan fingerprint density at radius 2 is 1.54 bits per heavy atom. The van der Waals surface area contributed by atoms with Gasteiger partial charge >= 0.3 is 6.18 Å². The van der Waals surface area contributed by atoms with Gasteiger partial charge in [0, 0.05) is 13.1 Å². The second kappa shape index (κ2) is 7.33. The van der Waals surface area contributed by atoms with E-state index in [1.807, 2.05) is 0 Å². The molecule has 0 aliphatic rings. The van der Waals surface area contributed by atoms with Crippen molar-refractivity contribution in [3.05, 3.63) is 65.7 Å². The third-order valence-corrected chi connectivity index (χ3v) is 5.23. The van der Waals surface area contributed by atoms with Gasteiger partial charge in [0.1, 0.15) is 0 Å². The Labute approximate surface area is 138 Å². The van der Waals surface area contributed by atoms with E-state index < -0.39 is 28.4 Å². The highest BCUT2D eigenvalue weighted by atomic mass is 32.2. The molecule has 0 aromatic heterocycles. The minimum atomic E-state index is -4.53. The van der Waals surface area contributed by atoms with Gasteiger partial charge < -0.3 is 5.11 Å². The number of halogens is 3. The number of sulfonamides is 1. The second-order valence-corrected chi connectivity index (χ2v) is 7.01. The number of benzene rings is 2. The average Bonchev–Trinajstić information content (AvgIpc) is 2.55. The van der Waals surface area contributed by atoms with Crippen LogP contribution in [0.25, 0.3) is 0 Å². The van der Waals surface area contributed by atoms with Crippen molar-refractivity contribution >= 4 is 10.0 Å². The molecule has 0 aliphatic carbocycles. The Bertz CT molecular complexity index is 759. The van der Waals surface area contributed by atoms with Gasteiger partial charge in [-0.2, -0.15) is 17.5 Å². The van der Waals surface area contributed by atoms with Crippen LogP contribution in [0.2, 0.25) is 0 Å². The van der Waals surface area contributed by atoms with E-state index in [1.165, 1.54) is 0 Å². The molecule has 0 amide bonds. The van der Waals surface area contributed by atoms with Crippen LogP contribution in [-0.2, 0) is 22.7 Å². The SMILES string of the molecule is O=S(=O)(c1ccc(C(F)(F)F)cc1)N(CCO)Cc1ccccc1. The predicted molar refractivity (Wildman–Crippen MR) is 82.6 cm³/mol. The molecular formula is C16H16F3NO3S. The summed E-state index contributed by atoms with van der Waals surface area (Å²) in [6, 6.07) is 12.0. The van der Waals surface area contributed by atoms with E-state index >= 15 is 0 Å². The van der Waals surface area contributed by atoms with E-state index in [2.05, 4.69) is 0 Å². The van der Waals surface area contributed by atoms with Crippen LogP contribution < -0.4 is 0 Å². The molecular weight excluding hydrogens is 343 g/mol. The van der Waals surface area contributed by atoms with Gasteiger partial charge in [0.25, 0.3) is 0 Å². The van der Waals surface area contributed by atoms with E-state index in [-0.39, 0.29) is 18.0 Å². The largest absolute Gasteiger partial charge is 0.416 e. The molecule has 0 fully saturated rings. The number of hydrogen-bond donors (Lipinski definition) is 1. The number of aliphatic hydroxyl groups excluding tert-OH is 1. The van der Waals surface area contributed by atoms with Crippen LogP contribution in [0.1, 0.15) is 11.1 Å². The highest BCUT2D eigenvalue weighted by molar-refractivity contribution is 7.89. The van der Waals surface area contributed by atoms with Gasteiger partial charge in [0.05, 0.1) is 17.1 Å². The monoisotopic (exact) mass is 359 g/mol. The molecule has 24 heavy (non-hydrogen) atoms. The maximum absolute atomic E-state index is 12.6. The molecule has 8 heteroatoms. The van der Waals surface area contributed by atoms with Crippen LogP contribution in [0.15, 0.2) is 59.5 Å². The highest BCUT2D eigenvalue weighted by Crippen LogP contribution is 2.30. The molecule has 0 saturated heterocycles. The van der Waals surface area contributed by atoms with Gasteiger partial charge in [0.15, 0.2) is 0 Å². The molecule has 0 heterocycles. The number of nitrogens with zero attached hydrogens (tertiary/aromatic N) is 1. The maximum Gasteiger partial charge on any atom is 0.416 e. The van der Waals surface area contributed by atoms with E-state index in [4.69, 9.17) is 5.11 Å². The van der Waals surface area contributed by atoms with Crippen molar-refractivity contribution in [2.75, 3.05) is 13.2 Å². The molecule has 0 saturated carbocycles. The molecule has 0 bridgehead atoms. The molecule has 0 atom stereocenters. The van der Waals surface area contributed by atoms with Crippen molar-refractivity contribution in [2.24, 2.45) is 0 Å². The lowest BCUT2D eigenvalue weighted by molar-refractivity contribution is -0.137. The van der Waals surface area contributed by atoms with Crippen LogP contribution in [0.4, 0.5) is 13.2 Å². The zero-order valence-electron chi connectivity index (χ0n) is 12.6.